The smallest absolute Gasteiger partial charge is 0.00659 e. The lowest BCUT2D eigenvalue weighted by Gasteiger charge is -2.70. The second-order valence-corrected chi connectivity index (χ2v) is 6.99. The summed E-state index contributed by atoms with van der Waals surface area (Å²) in [6.45, 7) is 12.2. The van der Waals surface area contributed by atoms with Crippen LogP contribution >= 0.6 is 0 Å². The van der Waals surface area contributed by atoms with Crippen LogP contribution < -0.4 is 0 Å². The van der Waals surface area contributed by atoms with Crippen molar-refractivity contribution in [1.29, 1.82) is 0 Å². The van der Waals surface area contributed by atoms with Gasteiger partial charge in [0, 0.05) is 0 Å². The molecule has 4 fully saturated rings. The Morgan fingerprint density at radius 2 is 1.88 bits per heavy atom. The first-order valence-corrected chi connectivity index (χ1v) is 6.66. The maximum Gasteiger partial charge on any atom is -0.00659 e. The topological polar surface area (TPSA) is 0 Å². The Morgan fingerprint density at radius 3 is 2.44 bits per heavy atom. The molecule has 4 aliphatic carbocycles. The molecule has 0 aliphatic heterocycles. The molecular formula is C16H23. The SMILES string of the molecule is CC(C)C1(C)[C]2[CH][CH][CH][C]2C2CC1C2(C)C. The van der Waals surface area contributed by atoms with Crippen molar-refractivity contribution in [1.82, 2.24) is 0 Å². The second kappa shape index (κ2) is 3.06. The number of hydrogen-bond acceptors (Lipinski definition) is 0. The van der Waals surface area contributed by atoms with Gasteiger partial charge in [-0.3, -0.25) is 0 Å². The highest BCUT2D eigenvalue weighted by Gasteiger charge is 2.68. The van der Waals surface area contributed by atoms with Gasteiger partial charge in [-0.25, -0.2) is 0 Å². The van der Waals surface area contributed by atoms with Crippen LogP contribution in [0.5, 0.6) is 0 Å². The fourth-order valence-electron chi connectivity index (χ4n) is 4.60. The minimum atomic E-state index is 0.400. The summed E-state index contributed by atoms with van der Waals surface area (Å²) in [5, 5.41) is 0. The molecule has 0 spiro atoms. The van der Waals surface area contributed by atoms with Crippen LogP contribution in [-0.4, -0.2) is 0 Å². The Kier molecular flexibility index (Phi) is 2.12. The third kappa shape index (κ3) is 1.03. The number of rotatable bonds is 1. The lowest BCUT2D eigenvalue weighted by molar-refractivity contribution is -0.129. The van der Waals surface area contributed by atoms with E-state index in [1.54, 1.807) is 11.8 Å². The van der Waals surface area contributed by atoms with Crippen LogP contribution in [0, 0.1) is 59.7 Å². The molecule has 4 rings (SSSR count). The first kappa shape index (κ1) is 11.1. The fraction of sp³-hybridized carbons (Fsp3) is 0.688. The van der Waals surface area contributed by atoms with Crippen molar-refractivity contribution >= 4 is 0 Å². The van der Waals surface area contributed by atoms with E-state index < -0.39 is 0 Å². The van der Waals surface area contributed by atoms with E-state index in [1.807, 2.05) is 0 Å². The highest BCUT2D eigenvalue weighted by atomic mass is 14.7. The molecular weight excluding hydrogens is 192 g/mol. The Labute approximate surface area is 101 Å². The van der Waals surface area contributed by atoms with Crippen LogP contribution in [0.15, 0.2) is 0 Å². The van der Waals surface area contributed by atoms with E-state index in [1.165, 1.54) is 6.42 Å². The Morgan fingerprint density at radius 1 is 1.19 bits per heavy atom. The lowest BCUT2D eigenvalue weighted by atomic mass is 9.34. The van der Waals surface area contributed by atoms with Gasteiger partial charge >= 0.3 is 0 Å². The van der Waals surface area contributed by atoms with Crippen LogP contribution in [0.2, 0.25) is 0 Å². The molecule has 4 saturated carbocycles. The van der Waals surface area contributed by atoms with Gasteiger partial charge in [0.05, 0.1) is 0 Å². The minimum Gasteiger partial charge on any atom is -0.0622 e. The third-order valence-electron chi connectivity index (χ3n) is 6.00. The van der Waals surface area contributed by atoms with Crippen LogP contribution in [-0.2, 0) is 0 Å². The van der Waals surface area contributed by atoms with E-state index in [0.717, 1.165) is 17.8 Å². The van der Waals surface area contributed by atoms with E-state index in [0.29, 0.717) is 10.8 Å². The molecule has 3 unspecified atom stereocenters. The summed E-state index contributed by atoms with van der Waals surface area (Å²) < 4.78 is 0. The summed E-state index contributed by atoms with van der Waals surface area (Å²) in [5.74, 6) is 5.75. The lowest BCUT2D eigenvalue weighted by Crippen LogP contribution is -2.63. The molecule has 3 atom stereocenters. The van der Waals surface area contributed by atoms with Crippen molar-refractivity contribution in [3.63, 3.8) is 0 Å². The van der Waals surface area contributed by atoms with Crippen molar-refractivity contribution in [3.05, 3.63) is 31.1 Å². The summed E-state index contributed by atoms with van der Waals surface area (Å²) in [6, 6.07) is 0. The van der Waals surface area contributed by atoms with Gasteiger partial charge in [0.2, 0.25) is 0 Å². The summed E-state index contributed by atoms with van der Waals surface area (Å²) in [4.78, 5) is 0. The van der Waals surface area contributed by atoms with Crippen LogP contribution in [0.4, 0.5) is 0 Å². The molecule has 0 amide bonds. The minimum absolute atomic E-state index is 0.400. The monoisotopic (exact) mass is 215 g/mol. The van der Waals surface area contributed by atoms with Crippen molar-refractivity contribution in [2.75, 3.05) is 0 Å². The van der Waals surface area contributed by atoms with Gasteiger partial charge in [0.25, 0.3) is 0 Å². The predicted octanol–water partition coefficient (Wildman–Crippen LogP) is 4.10. The van der Waals surface area contributed by atoms with E-state index in [2.05, 4.69) is 53.9 Å². The summed E-state index contributed by atoms with van der Waals surface area (Å²) in [6.07, 6.45) is 8.43. The molecule has 2 bridgehead atoms. The quantitative estimate of drug-likeness (QED) is 0.618. The normalized spacial score (nSPS) is 46.9. The first-order valence-electron chi connectivity index (χ1n) is 6.66. The third-order valence-corrected chi connectivity index (χ3v) is 6.00. The molecule has 87 valence electrons. The van der Waals surface area contributed by atoms with Gasteiger partial charge in [0.1, 0.15) is 0 Å². The van der Waals surface area contributed by atoms with Gasteiger partial charge in [-0.15, -0.1) is 0 Å². The zero-order valence-electron chi connectivity index (χ0n) is 11.2. The molecule has 0 saturated heterocycles. The molecule has 0 N–H and O–H groups in total. The Bertz CT molecular complexity index is 297. The molecule has 5 radical (unpaired) electrons. The van der Waals surface area contributed by atoms with Crippen LogP contribution in [0.1, 0.15) is 41.0 Å². The van der Waals surface area contributed by atoms with Gasteiger partial charge in [0.15, 0.2) is 0 Å². The van der Waals surface area contributed by atoms with E-state index in [4.69, 9.17) is 0 Å². The zero-order chi connectivity index (χ0) is 11.7. The molecule has 0 aromatic rings. The van der Waals surface area contributed by atoms with E-state index in [9.17, 15) is 0 Å². The van der Waals surface area contributed by atoms with Crippen molar-refractivity contribution in [2.24, 2.45) is 28.6 Å². The number of hydrogen-bond donors (Lipinski definition) is 0. The standard InChI is InChI=1S/C16H23/c1-10(2)16(5)12-8-6-7-11(12)13-9-14(16)15(13,3)4/h6-8,10,13-14H,9H2,1-5H3. The first-order chi connectivity index (χ1) is 7.40. The Hall–Kier alpha value is 0. The maximum atomic E-state index is 2.50. The van der Waals surface area contributed by atoms with E-state index >= 15 is 0 Å². The molecule has 0 aromatic heterocycles. The predicted molar refractivity (Wildman–Crippen MR) is 67.7 cm³/mol. The summed E-state index contributed by atoms with van der Waals surface area (Å²) in [7, 11) is 0. The highest BCUT2D eigenvalue weighted by Crippen LogP contribution is 2.75. The molecule has 4 aliphatic rings. The highest BCUT2D eigenvalue weighted by molar-refractivity contribution is 5.54. The summed E-state index contributed by atoms with van der Waals surface area (Å²) in [5.41, 5.74) is 0.914. The molecule has 0 nitrogen and oxygen atoms in total. The average molecular weight is 215 g/mol. The maximum absolute atomic E-state index is 2.50. The van der Waals surface area contributed by atoms with E-state index in [-0.39, 0.29) is 0 Å². The molecule has 0 aromatic carbocycles. The molecule has 0 heterocycles. The van der Waals surface area contributed by atoms with Gasteiger partial charge in [-0.05, 0) is 66.1 Å². The van der Waals surface area contributed by atoms with Crippen molar-refractivity contribution < 1.29 is 0 Å². The molecule has 16 heavy (non-hydrogen) atoms. The van der Waals surface area contributed by atoms with Gasteiger partial charge < -0.3 is 0 Å². The second-order valence-electron chi connectivity index (χ2n) is 6.99. The Balaban J connectivity index is 2.03. The van der Waals surface area contributed by atoms with Gasteiger partial charge in [-0.1, -0.05) is 34.6 Å². The van der Waals surface area contributed by atoms with Crippen molar-refractivity contribution in [3.8, 4) is 0 Å². The average Bonchev–Trinajstić information content (AvgIpc) is 2.65. The zero-order valence-corrected chi connectivity index (χ0v) is 11.2. The van der Waals surface area contributed by atoms with Gasteiger partial charge in [-0.2, -0.15) is 0 Å². The van der Waals surface area contributed by atoms with Crippen molar-refractivity contribution in [2.45, 2.75) is 41.0 Å². The van der Waals surface area contributed by atoms with Crippen LogP contribution in [0.25, 0.3) is 0 Å². The van der Waals surface area contributed by atoms with Crippen LogP contribution in [0.3, 0.4) is 0 Å². The molecule has 0 heteroatoms. The largest absolute Gasteiger partial charge is 0.0622 e. The summed E-state index contributed by atoms with van der Waals surface area (Å²) >= 11 is 0. The fourth-order valence-corrected chi connectivity index (χ4v) is 4.60.